The van der Waals surface area contributed by atoms with Crippen molar-refractivity contribution in [2.24, 2.45) is 0 Å². The highest BCUT2D eigenvalue weighted by Crippen LogP contribution is 2.34. The molecule has 3 aliphatic rings. The number of hydrogen-bond acceptors (Lipinski definition) is 6. The van der Waals surface area contributed by atoms with Crippen LogP contribution in [-0.4, -0.2) is 82.8 Å². The van der Waals surface area contributed by atoms with Gasteiger partial charge in [0.15, 0.2) is 0 Å². The van der Waals surface area contributed by atoms with E-state index in [1.54, 1.807) is 30.3 Å². The highest BCUT2D eigenvalue weighted by atomic mass is 16.5. The third kappa shape index (κ3) is 4.77. The van der Waals surface area contributed by atoms with Gasteiger partial charge >= 0.3 is 0 Å². The van der Waals surface area contributed by atoms with Crippen LogP contribution in [0.3, 0.4) is 0 Å². The van der Waals surface area contributed by atoms with E-state index in [2.05, 4.69) is 5.32 Å². The van der Waals surface area contributed by atoms with Gasteiger partial charge in [0, 0.05) is 30.0 Å². The molecule has 2 unspecified atom stereocenters. The van der Waals surface area contributed by atoms with Gasteiger partial charge in [-0.05, 0) is 29.7 Å². The molecule has 4 amide bonds. The number of hydrogen-bond donors (Lipinski definition) is 1. The fourth-order valence-electron chi connectivity index (χ4n) is 4.92. The molecule has 3 aliphatic heterocycles. The highest BCUT2D eigenvalue weighted by molar-refractivity contribution is 6.38. The van der Waals surface area contributed by atoms with Crippen LogP contribution in [0.25, 0.3) is 0 Å². The molecule has 2 aromatic carbocycles. The predicted molar refractivity (Wildman–Crippen MR) is 135 cm³/mol. The van der Waals surface area contributed by atoms with Crippen molar-refractivity contribution < 1.29 is 28.7 Å². The monoisotopic (exact) mass is 493 g/mol. The molecule has 0 saturated carbocycles. The first kappa shape index (κ1) is 25.1. The van der Waals surface area contributed by atoms with Crippen LogP contribution in [0, 0.1) is 0 Å². The molecular weight excluding hydrogens is 471 g/mol. The zero-order chi connectivity index (χ0) is 26.3. The van der Waals surface area contributed by atoms with E-state index in [-0.39, 0.29) is 50.3 Å². The van der Waals surface area contributed by atoms with Crippen molar-refractivity contribution in [1.82, 2.24) is 15.1 Å². The zero-order valence-electron chi connectivity index (χ0n) is 20.1. The normalized spacial score (nSPS) is 20.6. The number of fused-ring (bicyclic) bond motifs is 1. The van der Waals surface area contributed by atoms with Crippen molar-refractivity contribution in [1.29, 1.82) is 0 Å². The fraction of sp³-hybridized carbons (Fsp3) is 0.360. The van der Waals surface area contributed by atoms with Gasteiger partial charge in [0.05, 0.1) is 13.2 Å². The number of benzene rings is 2. The van der Waals surface area contributed by atoms with Gasteiger partial charge in [-0.3, -0.25) is 24.5 Å². The summed E-state index contributed by atoms with van der Waals surface area (Å²) >= 11 is 0. The Hall–Kier alpha value is -3.53. The minimum absolute atomic E-state index is 0.0279. The number of ether oxygens (including phenoxy) is 2. The van der Waals surface area contributed by atoms with E-state index < -0.39 is 17.9 Å². The van der Waals surface area contributed by atoms with Gasteiger partial charge in [-0.2, -0.15) is 0 Å². The number of carbonyl (C=O) groups excluding carboxylic acids is 4. The van der Waals surface area contributed by atoms with Gasteiger partial charge in [-0.1, -0.05) is 29.1 Å². The molecule has 182 valence electrons. The first-order valence-electron chi connectivity index (χ1n) is 11.9. The molecule has 2 atom stereocenters. The Labute approximate surface area is 218 Å². The lowest BCUT2D eigenvalue weighted by molar-refractivity contribution is -0.143. The van der Waals surface area contributed by atoms with Gasteiger partial charge in [0.25, 0.3) is 5.91 Å². The predicted octanol–water partition coefficient (Wildman–Crippen LogP) is -1.36. The van der Waals surface area contributed by atoms with E-state index in [4.69, 9.17) is 33.0 Å². The maximum atomic E-state index is 13.0. The molecule has 0 aliphatic carbocycles. The Kier molecular flexibility index (Phi) is 6.85. The zero-order valence-corrected chi connectivity index (χ0v) is 20.1. The fourth-order valence-corrected chi connectivity index (χ4v) is 4.92. The van der Waals surface area contributed by atoms with Gasteiger partial charge in [-0.15, -0.1) is 0 Å². The average Bonchev–Trinajstić information content (AvgIpc) is 3.21. The van der Waals surface area contributed by atoms with Crippen molar-refractivity contribution in [3.63, 3.8) is 0 Å². The van der Waals surface area contributed by atoms with E-state index >= 15 is 0 Å². The van der Waals surface area contributed by atoms with Crippen molar-refractivity contribution in [3.05, 3.63) is 52.6 Å². The molecule has 12 heteroatoms. The topological polar surface area (TPSA) is 105 Å². The van der Waals surface area contributed by atoms with Crippen molar-refractivity contribution >= 4 is 58.1 Å². The molecule has 0 spiro atoms. The molecule has 2 fully saturated rings. The Bertz CT molecular complexity index is 1300. The molecule has 9 nitrogen and oxygen atoms in total. The largest absolute Gasteiger partial charge is 0.489 e. The number of nitrogens with zero attached hydrogens (tertiary/aromatic N) is 2. The number of morpholine rings is 1. The van der Waals surface area contributed by atoms with Crippen molar-refractivity contribution in [3.8, 4) is 5.75 Å². The van der Waals surface area contributed by atoms with Crippen LogP contribution in [-0.2, 0) is 32.3 Å². The highest BCUT2D eigenvalue weighted by Gasteiger charge is 2.40. The van der Waals surface area contributed by atoms with Crippen LogP contribution < -0.4 is 21.0 Å². The second-order valence-electron chi connectivity index (χ2n) is 9.24. The average molecular weight is 493 g/mol. The van der Waals surface area contributed by atoms with Gasteiger partial charge < -0.3 is 19.3 Å². The molecule has 0 bridgehead atoms. The number of carbonyl (C=O) groups is 4. The van der Waals surface area contributed by atoms with Crippen LogP contribution in [0.2, 0.25) is 0 Å². The standard InChI is InChI=1S/C25H22B3N3O6/c26-17-9-15(23(28)30-6-7-36-12-22(30)33)18(27)8-13(17)11-37-20-3-1-2-14-16(20)10-31(25(14)35)19-4-5-21(32)29-24(19)34/h1-3,8-9,19,23H,4-7,10-12H2,(H,29,32,34). The minimum atomic E-state index is -0.754. The van der Waals surface area contributed by atoms with Gasteiger partial charge in [0.1, 0.15) is 48.5 Å². The summed E-state index contributed by atoms with van der Waals surface area (Å²) in [6.07, 6.45) is 0.459. The lowest BCUT2D eigenvalue weighted by atomic mass is 9.74. The lowest BCUT2D eigenvalue weighted by Gasteiger charge is -2.34. The van der Waals surface area contributed by atoms with Crippen LogP contribution >= 0.6 is 0 Å². The first-order chi connectivity index (χ1) is 17.7. The maximum Gasteiger partial charge on any atom is 0.255 e. The molecular formula is C25H22B3N3O6. The van der Waals surface area contributed by atoms with E-state index in [0.717, 1.165) is 0 Å². The summed E-state index contributed by atoms with van der Waals surface area (Å²) in [7, 11) is 18.9. The van der Waals surface area contributed by atoms with Gasteiger partial charge in [0.2, 0.25) is 17.7 Å². The molecule has 6 radical (unpaired) electrons. The quantitative estimate of drug-likeness (QED) is 0.394. The molecule has 2 aromatic rings. The molecule has 2 saturated heterocycles. The second kappa shape index (κ2) is 10.1. The summed E-state index contributed by atoms with van der Waals surface area (Å²) in [6, 6.07) is 7.74. The number of nitrogens with one attached hydrogen (secondary N) is 1. The Morgan fingerprint density at radius 3 is 2.70 bits per heavy atom. The van der Waals surface area contributed by atoms with Crippen molar-refractivity contribution in [2.45, 2.75) is 38.0 Å². The summed E-state index contributed by atoms with van der Waals surface area (Å²) in [5.41, 5.74) is 3.03. The second-order valence-corrected chi connectivity index (χ2v) is 9.24. The van der Waals surface area contributed by atoms with E-state index in [1.807, 2.05) is 0 Å². The Morgan fingerprint density at radius 2 is 1.95 bits per heavy atom. The van der Waals surface area contributed by atoms with Crippen LogP contribution in [0.4, 0.5) is 0 Å². The lowest BCUT2D eigenvalue weighted by Crippen LogP contribution is -2.52. The smallest absolute Gasteiger partial charge is 0.255 e. The van der Waals surface area contributed by atoms with Crippen molar-refractivity contribution in [2.75, 3.05) is 19.8 Å². The molecule has 1 N–H and O–H groups in total. The third-order valence-electron chi connectivity index (χ3n) is 6.94. The van der Waals surface area contributed by atoms with Crippen LogP contribution in [0.5, 0.6) is 5.75 Å². The number of rotatable bonds is 6. The number of imide groups is 1. The maximum absolute atomic E-state index is 13.0. The SMILES string of the molecule is [B]c1cc(C([B])N2CCOCC2=O)c([B])cc1COc1cccc2c1CN(C1CCC(=O)NC1=O)C2=O. The molecule has 3 heterocycles. The summed E-state index contributed by atoms with van der Waals surface area (Å²) in [6.45, 7) is 0.990. The summed E-state index contributed by atoms with van der Waals surface area (Å²) in [5.74, 6) is -1.58. The minimum Gasteiger partial charge on any atom is -0.489 e. The summed E-state index contributed by atoms with van der Waals surface area (Å²) < 4.78 is 11.2. The van der Waals surface area contributed by atoms with Crippen LogP contribution in [0.15, 0.2) is 30.3 Å². The van der Waals surface area contributed by atoms with E-state index in [9.17, 15) is 19.2 Å². The molecule has 5 rings (SSSR count). The first-order valence-corrected chi connectivity index (χ1v) is 11.9. The Morgan fingerprint density at radius 1 is 1.14 bits per heavy atom. The Balaban J connectivity index is 1.31. The van der Waals surface area contributed by atoms with Crippen LogP contribution in [0.1, 0.15) is 45.8 Å². The molecule has 0 aromatic heterocycles. The summed E-state index contributed by atoms with van der Waals surface area (Å²) in [5, 5.41) is 2.30. The summed E-state index contributed by atoms with van der Waals surface area (Å²) in [4.78, 5) is 52.0. The third-order valence-corrected chi connectivity index (χ3v) is 6.94. The van der Waals surface area contributed by atoms with E-state index in [1.165, 1.54) is 9.80 Å². The van der Waals surface area contributed by atoms with Gasteiger partial charge in [-0.25, -0.2) is 0 Å². The number of piperidine rings is 1. The number of amides is 4. The van der Waals surface area contributed by atoms with E-state index in [0.29, 0.717) is 52.1 Å². The molecule has 37 heavy (non-hydrogen) atoms.